The highest BCUT2D eigenvalue weighted by Crippen LogP contribution is 2.31. The highest BCUT2D eigenvalue weighted by Gasteiger charge is 2.17. The lowest BCUT2D eigenvalue weighted by Gasteiger charge is -2.13. The van der Waals surface area contributed by atoms with Gasteiger partial charge in [-0.25, -0.2) is 14.8 Å². The van der Waals surface area contributed by atoms with E-state index in [0.717, 1.165) is 12.0 Å². The van der Waals surface area contributed by atoms with Crippen LogP contribution in [0, 0.1) is 0 Å². The van der Waals surface area contributed by atoms with E-state index in [-0.39, 0.29) is 6.61 Å². The molecule has 1 N–H and O–H groups in total. The Labute approximate surface area is 173 Å². The molecule has 0 aliphatic rings. The number of carbonyl (C=O) groups is 1. The van der Waals surface area contributed by atoms with Crippen LogP contribution in [0.15, 0.2) is 41.9 Å². The molecule has 0 spiro atoms. The summed E-state index contributed by atoms with van der Waals surface area (Å²) in [6.45, 7) is 2.68. The molecule has 2 aromatic heterocycles. The maximum atomic E-state index is 12.3. The van der Waals surface area contributed by atoms with E-state index in [1.165, 1.54) is 11.1 Å². The zero-order chi connectivity index (χ0) is 20.6. The Kier molecular flexibility index (Phi) is 7.02. The average Bonchev–Trinajstić information content (AvgIpc) is 3.27. The van der Waals surface area contributed by atoms with Gasteiger partial charge in [0.05, 0.1) is 20.8 Å². The van der Waals surface area contributed by atoms with E-state index in [1.54, 1.807) is 44.6 Å². The SMILES string of the molecule is CCOC(=O)c1cnc(-c2ccc(OC)c(OC)c2)nc1NCCc1cccs1. The minimum atomic E-state index is -0.454. The molecule has 1 aromatic carbocycles. The van der Waals surface area contributed by atoms with Gasteiger partial charge >= 0.3 is 5.97 Å². The van der Waals surface area contributed by atoms with Crippen molar-refractivity contribution in [3.8, 4) is 22.9 Å². The third-order valence-corrected chi connectivity index (χ3v) is 5.11. The van der Waals surface area contributed by atoms with Gasteiger partial charge in [-0.2, -0.15) is 0 Å². The molecule has 8 heteroatoms. The van der Waals surface area contributed by atoms with Crippen molar-refractivity contribution >= 4 is 23.1 Å². The summed E-state index contributed by atoms with van der Waals surface area (Å²) >= 11 is 1.69. The number of esters is 1. The molecule has 0 bridgehead atoms. The fourth-order valence-electron chi connectivity index (χ4n) is 2.75. The Hall–Kier alpha value is -3.13. The summed E-state index contributed by atoms with van der Waals surface area (Å²) in [4.78, 5) is 22.5. The summed E-state index contributed by atoms with van der Waals surface area (Å²) in [7, 11) is 3.15. The Morgan fingerprint density at radius 2 is 2.00 bits per heavy atom. The first-order valence-corrected chi connectivity index (χ1v) is 10.1. The first-order valence-electron chi connectivity index (χ1n) is 9.19. The minimum absolute atomic E-state index is 0.283. The number of aromatic nitrogens is 2. The fraction of sp³-hybridized carbons (Fsp3) is 0.286. The zero-order valence-electron chi connectivity index (χ0n) is 16.6. The van der Waals surface area contributed by atoms with E-state index in [1.807, 2.05) is 17.5 Å². The van der Waals surface area contributed by atoms with E-state index in [0.29, 0.717) is 35.2 Å². The van der Waals surface area contributed by atoms with Gasteiger partial charge in [0.25, 0.3) is 0 Å². The van der Waals surface area contributed by atoms with Gasteiger partial charge in [-0.1, -0.05) is 6.07 Å². The van der Waals surface area contributed by atoms with Gasteiger partial charge in [0, 0.05) is 23.2 Å². The molecule has 0 aliphatic carbocycles. The topological polar surface area (TPSA) is 82.6 Å². The first kappa shape index (κ1) is 20.6. The molecule has 0 fully saturated rings. The van der Waals surface area contributed by atoms with Gasteiger partial charge in [-0.05, 0) is 43.0 Å². The van der Waals surface area contributed by atoms with Crippen molar-refractivity contribution in [1.82, 2.24) is 9.97 Å². The molecule has 0 unspecified atom stereocenters. The maximum Gasteiger partial charge on any atom is 0.343 e. The van der Waals surface area contributed by atoms with E-state index >= 15 is 0 Å². The van der Waals surface area contributed by atoms with Crippen molar-refractivity contribution in [3.63, 3.8) is 0 Å². The van der Waals surface area contributed by atoms with Crippen molar-refractivity contribution in [2.75, 3.05) is 32.7 Å². The second kappa shape index (κ2) is 9.88. The Balaban J connectivity index is 1.89. The molecule has 3 aromatic rings. The molecule has 7 nitrogen and oxygen atoms in total. The molecule has 0 aliphatic heterocycles. The van der Waals surface area contributed by atoms with Crippen LogP contribution in [0.4, 0.5) is 5.82 Å². The van der Waals surface area contributed by atoms with Crippen molar-refractivity contribution < 1.29 is 19.0 Å². The molecule has 0 saturated heterocycles. The monoisotopic (exact) mass is 413 g/mol. The van der Waals surface area contributed by atoms with Crippen LogP contribution in [0.2, 0.25) is 0 Å². The quantitative estimate of drug-likeness (QED) is 0.530. The highest BCUT2D eigenvalue weighted by molar-refractivity contribution is 7.09. The van der Waals surface area contributed by atoms with Gasteiger partial charge < -0.3 is 19.5 Å². The number of rotatable bonds is 9. The van der Waals surface area contributed by atoms with Crippen LogP contribution in [0.25, 0.3) is 11.4 Å². The predicted molar refractivity (Wildman–Crippen MR) is 113 cm³/mol. The number of hydrogen-bond acceptors (Lipinski definition) is 8. The first-order chi connectivity index (χ1) is 14.2. The second-order valence-electron chi connectivity index (χ2n) is 6.00. The molecule has 0 amide bonds. The maximum absolute atomic E-state index is 12.3. The largest absolute Gasteiger partial charge is 0.493 e. The van der Waals surface area contributed by atoms with Crippen LogP contribution in [-0.4, -0.2) is 43.3 Å². The van der Waals surface area contributed by atoms with Gasteiger partial charge in [0.2, 0.25) is 0 Å². The van der Waals surface area contributed by atoms with Crippen LogP contribution in [-0.2, 0) is 11.2 Å². The lowest BCUT2D eigenvalue weighted by atomic mass is 10.1. The number of thiophene rings is 1. The highest BCUT2D eigenvalue weighted by atomic mass is 32.1. The van der Waals surface area contributed by atoms with Crippen molar-refractivity contribution in [2.24, 2.45) is 0 Å². The third kappa shape index (κ3) is 5.03. The molecule has 3 rings (SSSR count). The molecular weight excluding hydrogens is 390 g/mol. The number of methoxy groups -OCH3 is 2. The average molecular weight is 413 g/mol. The number of ether oxygens (including phenoxy) is 3. The van der Waals surface area contributed by atoms with Crippen LogP contribution in [0.1, 0.15) is 22.2 Å². The standard InChI is InChI=1S/C21H23N3O4S/c1-4-28-21(25)16-13-23-19(14-7-8-17(26-2)18(12-14)27-3)24-20(16)22-10-9-15-6-5-11-29-15/h5-8,11-13H,4,9-10H2,1-3H3,(H,22,23,24). The van der Waals surface area contributed by atoms with Crippen molar-refractivity contribution in [1.29, 1.82) is 0 Å². The van der Waals surface area contributed by atoms with E-state index in [9.17, 15) is 4.79 Å². The molecular formula is C21H23N3O4S. The number of carbonyl (C=O) groups excluding carboxylic acids is 1. The molecule has 0 saturated carbocycles. The van der Waals surface area contributed by atoms with Crippen molar-refractivity contribution in [3.05, 3.63) is 52.3 Å². The smallest absolute Gasteiger partial charge is 0.343 e. The Bertz CT molecular complexity index is 961. The summed E-state index contributed by atoms with van der Waals surface area (Å²) in [5.74, 6) is 1.66. The lowest BCUT2D eigenvalue weighted by molar-refractivity contribution is 0.0526. The van der Waals surface area contributed by atoms with Crippen LogP contribution >= 0.6 is 11.3 Å². The normalized spacial score (nSPS) is 10.4. The van der Waals surface area contributed by atoms with Gasteiger partial charge in [0.15, 0.2) is 17.3 Å². The van der Waals surface area contributed by atoms with Gasteiger partial charge in [-0.15, -0.1) is 11.3 Å². The van der Waals surface area contributed by atoms with Crippen LogP contribution in [0.5, 0.6) is 11.5 Å². The summed E-state index contributed by atoms with van der Waals surface area (Å²) < 4.78 is 15.8. The van der Waals surface area contributed by atoms with Gasteiger partial charge in [-0.3, -0.25) is 0 Å². The van der Waals surface area contributed by atoms with E-state index in [4.69, 9.17) is 14.2 Å². The number of hydrogen-bond donors (Lipinski definition) is 1. The minimum Gasteiger partial charge on any atom is -0.493 e. The molecule has 0 atom stereocenters. The van der Waals surface area contributed by atoms with Crippen molar-refractivity contribution in [2.45, 2.75) is 13.3 Å². The Morgan fingerprint density at radius 3 is 2.69 bits per heavy atom. The number of nitrogens with one attached hydrogen (secondary N) is 1. The van der Waals surface area contributed by atoms with E-state index in [2.05, 4.69) is 21.4 Å². The number of benzene rings is 1. The van der Waals surface area contributed by atoms with Crippen LogP contribution < -0.4 is 14.8 Å². The second-order valence-corrected chi connectivity index (χ2v) is 7.03. The molecule has 2 heterocycles. The van der Waals surface area contributed by atoms with Crippen LogP contribution in [0.3, 0.4) is 0 Å². The summed E-state index contributed by atoms with van der Waals surface area (Å²) in [6.07, 6.45) is 2.32. The third-order valence-electron chi connectivity index (χ3n) is 4.17. The Morgan fingerprint density at radius 1 is 1.17 bits per heavy atom. The molecule has 152 valence electrons. The van der Waals surface area contributed by atoms with Gasteiger partial charge in [0.1, 0.15) is 11.4 Å². The molecule has 0 radical (unpaired) electrons. The summed E-state index contributed by atoms with van der Waals surface area (Å²) in [5, 5.41) is 5.29. The number of anilines is 1. The predicted octanol–water partition coefficient (Wildman–Crippen LogP) is 4.05. The summed E-state index contributed by atoms with van der Waals surface area (Å²) in [5.41, 5.74) is 1.06. The fourth-order valence-corrected chi connectivity index (χ4v) is 3.46. The summed E-state index contributed by atoms with van der Waals surface area (Å²) in [6, 6.07) is 9.53. The zero-order valence-corrected chi connectivity index (χ0v) is 17.4. The lowest BCUT2D eigenvalue weighted by Crippen LogP contribution is -2.14. The number of nitrogens with zero attached hydrogens (tertiary/aromatic N) is 2. The molecule has 29 heavy (non-hydrogen) atoms. The van der Waals surface area contributed by atoms with E-state index < -0.39 is 5.97 Å².